The summed E-state index contributed by atoms with van der Waals surface area (Å²) >= 11 is 0. The molecular weight excluding hydrogens is 372 g/mol. The molecule has 4 nitrogen and oxygen atoms in total. The standard InChI is InChI=1S/C26H34N2O2/c1-16-11-12-18(26(16,5)6)13-22-24-20(14-25(3,4)15-23(24)30)27-19-9-7-8-10-21(19)28(22)17(2)29/h7-11,18,22,27H,12-15H2,1-6H3/t18-,22-/m0/s1. The number of Topliss-reactive ketones (excluding diaryl/α,β-unsaturated/α-hetero) is 1. The normalized spacial score (nSPS) is 27.1. The van der Waals surface area contributed by atoms with Crippen molar-refractivity contribution in [2.24, 2.45) is 16.7 Å². The van der Waals surface area contributed by atoms with Crippen LogP contribution in [0.2, 0.25) is 0 Å². The van der Waals surface area contributed by atoms with E-state index < -0.39 is 0 Å². The lowest BCUT2D eigenvalue weighted by atomic mass is 9.70. The highest BCUT2D eigenvalue weighted by Crippen LogP contribution is 2.49. The smallest absolute Gasteiger partial charge is 0.224 e. The van der Waals surface area contributed by atoms with Crippen LogP contribution in [-0.4, -0.2) is 17.7 Å². The van der Waals surface area contributed by atoms with Crippen molar-refractivity contribution in [2.75, 3.05) is 10.2 Å². The number of anilines is 2. The number of nitrogens with zero attached hydrogens (tertiary/aromatic N) is 1. The van der Waals surface area contributed by atoms with Crippen LogP contribution in [0.3, 0.4) is 0 Å². The van der Waals surface area contributed by atoms with Gasteiger partial charge in [0.25, 0.3) is 0 Å². The number of hydrogen-bond donors (Lipinski definition) is 1. The molecule has 0 unspecified atom stereocenters. The lowest BCUT2D eigenvalue weighted by Crippen LogP contribution is -2.45. The number of fused-ring (bicyclic) bond motifs is 1. The molecule has 1 N–H and O–H groups in total. The van der Waals surface area contributed by atoms with Crippen LogP contribution < -0.4 is 10.2 Å². The topological polar surface area (TPSA) is 49.4 Å². The van der Waals surface area contributed by atoms with Crippen molar-refractivity contribution < 1.29 is 9.59 Å². The first-order valence-corrected chi connectivity index (χ1v) is 11.1. The largest absolute Gasteiger partial charge is 0.357 e. The Morgan fingerprint density at radius 1 is 1.17 bits per heavy atom. The van der Waals surface area contributed by atoms with Crippen LogP contribution in [0, 0.1) is 16.7 Å². The van der Waals surface area contributed by atoms with E-state index in [2.05, 4.69) is 46.0 Å². The van der Waals surface area contributed by atoms with Crippen molar-refractivity contribution in [3.63, 3.8) is 0 Å². The van der Waals surface area contributed by atoms with Gasteiger partial charge in [0.15, 0.2) is 5.78 Å². The van der Waals surface area contributed by atoms with Crippen molar-refractivity contribution in [2.45, 2.75) is 73.3 Å². The summed E-state index contributed by atoms with van der Waals surface area (Å²) in [6, 6.07) is 7.72. The van der Waals surface area contributed by atoms with Gasteiger partial charge in [-0.15, -0.1) is 0 Å². The predicted octanol–water partition coefficient (Wildman–Crippen LogP) is 5.86. The highest BCUT2D eigenvalue weighted by Gasteiger charge is 2.45. The molecule has 0 aromatic heterocycles. The van der Waals surface area contributed by atoms with Gasteiger partial charge in [-0.1, -0.05) is 51.5 Å². The molecule has 4 rings (SSSR count). The van der Waals surface area contributed by atoms with Crippen LogP contribution in [-0.2, 0) is 9.59 Å². The summed E-state index contributed by atoms with van der Waals surface area (Å²) in [6.07, 6.45) is 5.46. The van der Waals surface area contributed by atoms with Crippen molar-refractivity contribution in [3.8, 4) is 0 Å². The molecule has 160 valence electrons. The monoisotopic (exact) mass is 406 g/mol. The van der Waals surface area contributed by atoms with Crippen LogP contribution in [0.25, 0.3) is 0 Å². The van der Waals surface area contributed by atoms with Gasteiger partial charge in [-0.3, -0.25) is 9.59 Å². The molecule has 0 saturated carbocycles. The Morgan fingerprint density at radius 2 is 1.87 bits per heavy atom. The number of nitrogens with one attached hydrogen (secondary N) is 1. The molecule has 0 radical (unpaired) electrons. The summed E-state index contributed by atoms with van der Waals surface area (Å²) in [5.41, 5.74) is 4.99. The van der Waals surface area contributed by atoms with E-state index in [9.17, 15) is 9.59 Å². The molecule has 0 saturated heterocycles. The summed E-state index contributed by atoms with van der Waals surface area (Å²) in [6.45, 7) is 12.7. The van der Waals surface area contributed by atoms with E-state index in [1.807, 2.05) is 29.2 Å². The van der Waals surface area contributed by atoms with Gasteiger partial charge in [0, 0.05) is 24.6 Å². The number of para-hydroxylation sites is 2. The fraction of sp³-hybridized carbons (Fsp3) is 0.538. The zero-order valence-electron chi connectivity index (χ0n) is 19.1. The van der Waals surface area contributed by atoms with E-state index in [4.69, 9.17) is 0 Å². The van der Waals surface area contributed by atoms with Crippen molar-refractivity contribution in [1.29, 1.82) is 0 Å². The Hall–Kier alpha value is -2.36. The zero-order chi connectivity index (χ0) is 21.8. The quantitative estimate of drug-likeness (QED) is 0.626. The Balaban J connectivity index is 1.86. The van der Waals surface area contributed by atoms with E-state index in [0.29, 0.717) is 12.3 Å². The van der Waals surface area contributed by atoms with Gasteiger partial charge in [-0.25, -0.2) is 0 Å². The highest BCUT2D eigenvalue weighted by atomic mass is 16.2. The number of benzene rings is 1. The zero-order valence-corrected chi connectivity index (χ0v) is 19.1. The number of rotatable bonds is 2. The van der Waals surface area contributed by atoms with Crippen LogP contribution in [0.15, 0.2) is 47.2 Å². The van der Waals surface area contributed by atoms with E-state index in [-0.39, 0.29) is 28.6 Å². The number of carbonyl (C=O) groups is 2. The molecule has 2 atom stereocenters. The number of carbonyl (C=O) groups excluding carboxylic acids is 2. The Morgan fingerprint density at radius 3 is 2.50 bits per heavy atom. The van der Waals surface area contributed by atoms with E-state index in [1.165, 1.54) is 5.57 Å². The summed E-state index contributed by atoms with van der Waals surface area (Å²) < 4.78 is 0. The molecule has 1 amide bonds. The number of amides is 1. The second-order valence-electron chi connectivity index (χ2n) is 10.7. The third-order valence-electron chi connectivity index (χ3n) is 7.61. The van der Waals surface area contributed by atoms with Crippen molar-refractivity contribution in [1.82, 2.24) is 0 Å². The lowest BCUT2D eigenvalue weighted by Gasteiger charge is -2.40. The molecule has 4 heteroatoms. The lowest BCUT2D eigenvalue weighted by molar-refractivity contribution is -0.118. The fourth-order valence-corrected chi connectivity index (χ4v) is 5.55. The average Bonchev–Trinajstić information content (AvgIpc) is 2.81. The Kier molecular flexibility index (Phi) is 4.95. The molecule has 2 aliphatic carbocycles. The number of hydrogen-bond acceptors (Lipinski definition) is 3. The van der Waals surface area contributed by atoms with E-state index >= 15 is 0 Å². The molecule has 0 fully saturated rings. The summed E-state index contributed by atoms with van der Waals surface area (Å²) in [5.74, 6) is 0.561. The summed E-state index contributed by atoms with van der Waals surface area (Å²) in [5, 5.41) is 3.57. The first-order chi connectivity index (χ1) is 14.0. The van der Waals surface area contributed by atoms with Gasteiger partial charge in [-0.05, 0) is 55.1 Å². The van der Waals surface area contributed by atoms with Crippen molar-refractivity contribution in [3.05, 3.63) is 47.2 Å². The highest BCUT2D eigenvalue weighted by molar-refractivity contribution is 6.05. The first-order valence-electron chi connectivity index (χ1n) is 11.1. The van der Waals surface area contributed by atoms with Crippen molar-refractivity contribution >= 4 is 23.1 Å². The molecule has 1 aromatic rings. The molecular formula is C26H34N2O2. The van der Waals surface area contributed by atoms with Gasteiger partial charge in [-0.2, -0.15) is 0 Å². The van der Waals surface area contributed by atoms with Gasteiger partial charge in [0.05, 0.1) is 17.4 Å². The minimum Gasteiger partial charge on any atom is -0.357 e. The maximum absolute atomic E-state index is 13.5. The van der Waals surface area contributed by atoms with Crippen LogP contribution in [0.4, 0.5) is 11.4 Å². The van der Waals surface area contributed by atoms with Gasteiger partial charge < -0.3 is 10.2 Å². The maximum atomic E-state index is 13.5. The fourth-order valence-electron chi connectivity index (χ4n) is 5.55. The minimum atomic E-state index is -0.235. The summed E-state index contributed by atoms with van der Waals surface area (Å²) in [7, 11) is 0. The predicted molar refractivity (Wildman–Crippen MR) is 122 cm³/mol. The SMILES string of the molecule is CC(=O)N1c2ccccc2NC2=C(C(=O)CC(C)(C)C2)[C@@H]1C[C@@H]1CC=C(C)C1(C)C. The number of allylic oxidation sites excluding steroid dienone is 3. The van der Waals surface area contributed by atoms with Gasteiger partial charge >= 0.3 is 0 Å². The maximum Gasteiger partial charge on any atom is 0.224 e. The Bertz CT molecular complexity index is 967. The van der Waals surface area contributed by atoms with Crippen LogP contribution in [0.5, 0.6) is 0 Å². The Labute approximate surface area is 180 Å². The molecule has 30 heavy (non-hydrogen) atoms. The molecule has 1 heterocycles. The summed E-state index contributed by atoms with van der Waals surface area (Å²) in [4.78, 5) is 28.3. The van der Waals surface area contributed by atoms with E-state index in [1.54, 1.807) is 6.92 Å². The van der Waals surface area contributed by atoms with Crippen LogP contribution >= 0.6 is 0 Å². The molecule has 0 spiro atoms. The molecule has 0 bridgehead atoms. The third kappa shape index (κ3) is 3.40. The third-order valence-corrected chi connectivity index (χ3v) is 7.61. The second kappa shape index (κ2) is 7.11. The minimum absolute atomic E-state index is 0.0129. The second-order valence-corrected chi connectivity index (χ2v) is 10.7. The molecule has 3 aliphatic rings. The molecule has 1 aromatic carbocycles. The van der Waals surface area contributed by atoms with E-state index in [0.717, 1.165) is 41.9 Å². The molecule has 1 aliphatic heterocycles. The van der Waals surface area contributed by atoms with Gasteiger partial charge in [0.1, 0.15) is 0 Å². The first kappa shape index (κ1) is 20.9. The van der Waals surface area contributed by atoms with Gasteiger partial charge in [0.2, 0.25) is 5.91 Å². The van der Waals surface area contributed by atoms with Crippen LogP contribution in [0.1, 0.15) is 67.2 Å². The number of ketones is 1. The average molecular weight is 407 g/mol.